The molecule has 146 valence electrons. The van der Waals surface area contributed by atoms with Crippen molar-refractivity contribution < 1.29 is 0 Å². The molecule has 5 rings (SSSR count). The molecule has 1 saturated heterocycles. The van der Waals surface area contributed by atoms with E-state index in [2.05, 4.69) is 79.3 Å². The van der Waals surface area contributed by atoms with Crippen molar-refractivity contribution in [2.24, 2.45) is 0 Å². The summed E-state index contributed by atoms with van der Waals surface area (Å²) in [7, 11) is 0. The smallest absolute Gasteiger partial charge is 0.157 e. The Morgan fingerprint density at radius 3 is 2.64 bits per heavy atom. The Morgan fingerprint density at radius 1 is 1.04 bits per heavy atom. The first kappa shape index (κ1) is 17.6. The molecule has 2 atom stereocenters. The fraction of sp³-hybridized carbons (Fsp3) is 0.455. The van der Waals surface area contributed by atoms with Crippen LogP contribution in [0.5, 0.6) is 0 Å². The minimum atomic E-state index is 0.291. The summed E-state index contributed by atoms with van der Waals surface area (Å²) in [5, 5.41) is 12.0. The van der Waals surface area contributed by atoms with Gasteiger partial charge < -0.3 is 14.8 Å². The molecule has 0 saturated carbocycles. The Bertz CT molecular complexity index is 921. The van der Waals surface area contributed by atoms with Crippen LogP contribution in [-0.4, -0.2) is 56.8 Å². The van der Waals surface area contributed by atoms with Crippen molar-refractivity contribution >= 4 is 6.08 Å². The molecule has 6 heteroatoms. The summed E-state index contributed by atoms with van der Waals surface area (Å²) >= 11 is 0. The highest BCUT2D eigenvalue weighted by atomic mass is 15.3. The molecule has 4 heterocycles. The largest absolute Gasteiger partial charge is 0.362 e. The zero-order chi connectivity index (χ0) is 19.1. The van der Waals surface area contributed by atoms with Crippen LogP contribution in [0.3, 0.4) is 0 Å². The molecule has 28 heavy (non-hydrogen) atoms. The van der Waals surface area contributed by atoms with Crippen molar-refractivity contribution in [3.63, 3.8) is 0 Å². The van der Waals surface area contributed by atoms with Crippen LogP contribution >= 0.6 is 0 Å². The minimum Gasteiger partial charge on any atom is -0.362 e. The van der Waals surface area contributed by atoms with Crippen LogP contribution in [0.15, 0.2) is 42.1 Å². The quantitative estimate of drug-likeness (QED) is 0.888. The van der Waals surface area contributed by atoms with E-state index >= 15 is 0 Å². The maximum Gasteiger partial charge on any atom is 0.157 e. The van der Waals surface area contributed by atoms with Crippen LogP contribution in [0.1, 0.15) is 35.7 Å². The maximum absolute atomic E-state index is 4.29. The van der Waals surface area contributed by atoms with Gasteiger partial charge in [-0.25, -0.2) is 0 Å². The number of piperazine rings is 1. The van der Waals surface area contributed by atoms with Gasteiger partial charge in [-0.15, -0.1) is 10.2 Å². The number of hydrogen-bond donors (Lipinski definition) is 1. The third-order valence-corrected chi connectivity index (χ3v) is 6.17. The van der Waals surface area contributed by atoms with Crippen LogP contribution in [0, 0.1) is 6.92 Å². The van der Waals surface area contributed by atoms with Crippen molar-refractivity contribution in [3.05, 3.63) is 64.9 Å². The van der Waals surface area contributed by atoms with Crippen molar-refractivity contribution in [1.82, 2.24) is 29.9 Å². The molecular formula is C22H28N6. The third kappa shape index (κ3) is 3.16. The van der Waals surface area contributed by atoms with E-state index < -0.39 is 0 Å². The zero-order valence-corrected chi connectivity index (χ0v) is 16.7. The fourth-order valence-corrected chi connectivity index (χ4v) is 4.74. The van der Waals surface area contributed by atoms with Crippen molar-refractivity contribution in [3.8, 4) is 0 Å². The number of nitrogens with zero attached hydrogens (tertiary/aromatic N) is 5. The monoisotopic (exact) mass is 376 g/mol. The number of benzene rings is 1. The van der Waals surface area contributed by atoms with Gasteiger partial charge in [0.25, 0.3) is 0 Å². The van der Waals surface area contributed by atoms with Crippen LogP contribution in [0.25, 0.3) is 6.08 Å². The highest BCUT2D eigenvalue weighted by Gasteiger charge is 2.36. The Labute approximate surface area is 166 Å². The fourth-order valence-electron chi connectivity index (χ4n) is 4.74. The van der Waals surface area contributed by atoms with Crippen LogP contribution < -0.4 is 5.32 Å². The summed E-state index contributed by atoms with van der Waals surface area (Å²) in [6, 6.07) is 9.72. The van der Waals surface area contributed by atoms with E-state index in [0.717, 1.165) is 50.9 Å². The standard InChI is InChI=1S/C22H28N6/c1-16-12-21-20(6-7-22-25-24-17(2)28(21)22)27(16)15-19-5-3-4-18(13-19)14-26-10-8-23-9-11-26/h3-7,12-13,20-21,23H,8-11,14-15H2,1-2H3. The van der Waals surface area contributed by atoms with Gasteiger partial charge in [-0.05, 0) is 37.1 Å². The van der Waals surface area contributed by atoms with Crippen molar-refractivity contribution in [1.29, 1.82) is 0 Å². The van der Waals surface area contributed by atoms with E-state index in [1.54, 1.807) is 0 Å². The Hall–Kier alpha value is -2.44. The zero-order valence-electron chi connectivity index (χ0n) is 16.7. The molecule has 0 bridgehead atoms. The van der Waals surface area contributed by atoms with E-state index in [1.165, 1.54) is 16.8 Å². The molecule has 0 spiro atoms. The average Bonchev–Trinajstić information content (AvgIpc) is 3.23. The molecule has 6 nitrogen and oxygen atoms in total. The number of nitrogens with one attached hydrogen (secondary N) is 1. The molecule has 1 fully saturated rings. The lowest BCUT2D eigenvalue weighted by molar-refractivity contribution is 0.233. The molecule has 2 unspecified atom stereocenters. The summed E-state index contributed by atoms with van der Waals surface area (Å²) in [5.74, 6) is 1.95. The Kier molecular flexibility index (Phi) is 4.53. The number of rotatable bonds is 4. The van der Waals surface area contributed by atoms with Crippen LogP contribution in [0.4, 0.5) is 0 Å². The molecule has 0 amide bonds. The summed E-state index contributed by atoms with van der Waals surface area (Å²) in [6.07, 6.45) is 6.76. The number of fused-ring (bicyclic) bond motifs is 3. The molecular weight excluding hydrogens is 348 g/mol. The third-order valence-electron chi connectivity index (χ3n) is 6.17. The molecule has 1 aromatic heterocycles. The van der Waals surface area contributed by atoms with Gasteiger partial charge in [-0.2, -0.15) is 0 Å². The normalized spacial score (nSPS) is 24.2. The molecule has 3 aliphatic heterocycles. The summed E-state index contributed by atoms with van der Waals surface area (Å²) in [6.45, 7) is 10.7. The van der Waals surface area contributed by atoms with Crippen molar-refractivity contribution in [2.75, 3.05) is 26.2 Å². The lowest BCUT2D eigenvalue weighted by Crippen LogP contribution is -2.42. The molecule has 0 aliphatic carbocycles. The second-order valence-corrected chi connectivity index (χ2v) is 8.10. The Morgan fingerprint density at radius 2 is 1.82 bits per heavy atom. The van der Waals surface area contributed by atoms with Gasteiger partial charge in [0.15, 0.2) is 5.82 Å². The predicted molar refractivity (Wildman–Crippen MR) is 111 cm³/mol. The van der Waals surface area contributed by atoms with E-state index in [0.29, 0.717) is 12.1 Å². The average molecular weight is 377 g/mol. The molecule has 0 radical (unpaired) electrons. The number of allylic oxidation sites excluding steroid dienone is 1. The van der Waals surface area contributed by atoms with Gasteiger partial charge in [-0.3, -0.25) is 4.90 Å². The van der Waals surface area contributed by atoms with Gasteiger partial charge in [0.2, 0.25) is 0 Å². The van der Waals surface area contributed by atoms with E-state index in [9.17, 15) is 0 Å². The summed E-state index contributed by atoms with van der Waals surface area (Å²) < 4.78 is 2.26. The minimum absolute atomic E-state index is 0.291. The van der Waals surface area contributed by atoms with Gasteiger partial charge in [0.05, 0.1) is 12.1 Å². The number of hydrogen-bond acceptors (Lipinski definition) is 5. The maximum atomic E-state index is 4.29. The SMILES string of the molecule is CC1=CC2C(C=Cc3nnc(C)n32)N1Cc1cccc(CN2CCNCC2)c1. The first-order valence-corrected chi connectivity index (χ1v) is 10.2. The van der Waals surface area contributed by atoms with E-state index in [-0.39, 0.29) is 0 Å². The lowest BCUT2D eigenvalue weighted by atomic mass is 10.0. The lowest BCUT2D eigenvalue weighted by Gasteiger charge is -2.33. The first-order valence-electron chi connectivity index (χ1n) is 10.2. The van der Waals surface area contributed by atoms with Gasteiger partial charge >= 0.3 is 0 Å². The second-order valence-electron chi connectivity index (χ2n) is 8.10. The molecule has 3 aliphatic rings. The number of aromatic nitrogens is 3. The van der Waals surface area contributed by atoms with E-state index in [4.69, 9.17) is 0 Å². The summed E-state index contributed by atoms with van der Waals surface area (Å²) in [5.41, 5.74) is 4.11. The highest BCUT2D eigenvalue weighted by Crippen LogP contribution is 2.37. The predicted octanol–water partition coefficient (Wildman–Crippen LogP) is 2.35. The molecule has 2 aromatic rings. The second kappa shape index (κ2) is 7.18. The van der Waals surface area contributed by atoms with Gasteiger partial charge in [0.1, 0.15) is 5.82 Å². The van der Waals surface area contributed by atoms with Crippen molar-refractivity contribution in [2.45, 2.75) is 39.0 Å². The Balaban J connectivity index is 1.33. The topological polar surface area (TPSA) is 49.2 Å². The van der Waals surface area contributed by atoms with Crippen LogP contribution in [0.2, 0.25) is 0 Å². The van der Waals surface area contributed by atoms with Crippen LogP contribution in [-0.2, 0) is 13.1 Å². The molecule has 1 aromatic carbocycles. The highest BCUT2D eigenvalue weighted by molar-refractivity contribution is 5.48. The van der Waals surface area contributed by atoms with Gasteiger partial charge in [0, 0.05) is 45.0 Å². The summed E-state index contributed by atoms with van der Waals surface area (Å²) in [4.78, 5) is 5.04. The first-order chi connectivity index (χ1) is 13.7. The number of aryl methyl sites for hydroxylation is 1. The van der Waals surface area contributed by atoms with Gasteiger partial charge in [-0.1, -0.05) is 30.3 Å². The molecule has 1 N–H and O–H groups in total. The van der Waals surface area contributed by atoms with E-state index in [1.807, 2.05) is 6.92 Å².